The third-order valence-corrected chi connectivity index (χ3v) is 2.98. The molecular formula is C11H15F2NOS. The SMILES string of the molecule is CSCC(C)NCc1cc(F)c(O)c(F)c1. The number of thioether (sulfide) groups is 1. The second-order valence-electron chi connectivity index (χ2n) is 3.65. The van der Waals surface area contributed by atoms with Crippen LogP contribution >= 0.6 is 11.8 Å². The Balaban J connectivity index is 2.61. The normalized spacial score (nSPS) is 12.8. The Morgan fingerprint density at radius 2 is 1.94 bits per heavy atom. The van der Waals surface area contributed by atoms with Gasteiger partial charge in [-0.25, -0.2) is 8.78 Å². The molecule has 0 aliphatic carbocycles. The third-order valence-electron chi connectivity index (χ3n) is 2.15. The van der Waals surface area contributed by atoms with E-state index in [4.69, 9.17) is 5.11 Å². The quantitative estimate of drug-likeness (QED) is 0.838. The lowest BCUT2D eigenvalue weighted by Gasteiger charge is -2.12. The number of benzene rings is 1. The van der Waals surface area contributed by atoms with Gasteiger partial charge in [0.2, 0.25) is 0 Å². The highest BCUT2D eigenvalue weighted by molar-refractivity contribution is 7.98. The van der Waals surface area contributed by atoms with Gasteiger partial charge < -0.3 is 10.4 Å². The first kappa shape index (κ1) is 13.3. The van der Waals surface area contributed by atoms with Gasteiger partial charge in [-0.3, -0.25) is 0 Å². The predicted molar refractivity (Wildman–Crippen MR) is 62.7 cm³/mol. The maximum absolute atomic E-state index is 13.0. The summed E-state index contributed by atoms with van der Waals surface area (Å²) >= 11 is 1.70. The molecular weight excluding hydrogens is 232 g/mol. The predicted octanol–water partition coefficient (Wildman–Crippen LogP) is 2.51. The highest BCUT2D eigenvalue weighted by Crippen LogP contribution is 2.21. The fourth-order valence-electron chi connectivity index (χ4n) is 1.32. The molecule has 5 heteroatoms. The van der Waals surface area contributed by atoms with Crippen molar-refractivity contribution in [2.75, 3.05) is 12.0 Å². The van der Waals surface area contributed by atoms with Crippen molar-refractivity contribution < 1.29 is 13.9 Å². The van der Waals surface area contributed by atoms with Gasteiger partial charge in [0.1, 0.15) is 0 Å². The molecule has 1 unspecified atom stereocenters. The molecule has 16 heavy (non-hydrogen) atoms. The zero-order valence-electron chi connectivity index (χ0n) is 9.26. The summed E-state index contributed by atoms with van der Waals surface area (Å²) in [7, 11) is 0. The first-order chi connectivity index (χ1) is 7.54. The standard InChI is InChI=1S/C11H15F2NOS/c1-7(6-16-2)14-5-8-3-9(12)11(15)10(13)4-8/h3-4,7,14-15H,5-6H2,1-2H3. The number of halogens is 2. The molecule has 1 aromatic carbocycles. The van der Waals surface area contributed by atoms with Crippen molar-refractivity contribution in [2.24, 2.45) is 0 Å². The molecule has 0 radical (unpaired) electrons. The zero-order chi connectivity index (χ0) is 12.1. The first-order valence-corrected chi connectivity index (χ1v) is 6.33. The van der Waals surface area contributed by atoms with Crippen LogP contribution in [0, 0.1) is 11.6 Å². The van der Waals surface area contributed by atoms with Crippen molar-refractivity contribution >= 4 is 11.8 Å². The molecule has 2 N–H and O–H groups in total. The summed E-state index contributed by atoms with van der Waals surface area (Å²) < 4.78 is 26.0. The van der Waals surface area contributed by atoms with E-state index in [2.05, 4.69) is 5.32 Å². The van der Waals surface area contributed by atoms with Gasteiger partial charge in [-0.2, -0.15) is 11.8 Å². The summed E-state index contributed by atoms with van der Waals surface area (Å²) in [4.78, 5) is 0. The van der Waals surface area contributed by atoms with Crippen LogP contribution in [0.25, 0.3) is 0 Å². The molecule has 0 heterocycles. The van der Waals surface area contributed by atoms with Crippen LogP contribution in [0.3, 0.4) is 0 Å². The van der Waals surface area contributed by atoms with Gasteiger partial charge in [-0.05, 0) is 30.9 Å². The highest BCUT2D eigenvalue weighted by atomic mass is 32.2. The highest BCUT2D eigenvalue weighted by Gasteiger charge is 2.09. The van der Waals surface area contributed by atoms with Crippen LogP contribution in [0.5, 0.6) is 5.75 Å². The van der Waals surface area contributed by atoms with E-state index in [1.54, 1.807) is 11.8 Å². The van der Waals surface area contributed by atoms with Crippen LogP contribution in [0.1, 0.15) is 12.5 Å². The van der Waals surface area contributed by atoms with Crippen LogP contribution in [0.4, 0.5) is 8.78 Å². The van der Waals surface area contributed by atoms with Crippen LogP contribution in [0.15, 0.2) is 12.1 Å². The molecule has 2 nitrogen and oxygen atoms in total. The number of hydrogen-bond donors (Lipinski definition) is 2. The van der Waals surface area contributed by atoms with Crippen LogP contribution < -0.4 is 5.32 Å². The maximum Gasteiger partial charge on any atom is 0.187 e. The van der Waals surface area contributed by atoms with Gasteiger partial charge in [0.25, 0.3) is 0 Å². The smallest absolute Gasteiger partial charge is 0.187 e. The Bertz CT molecular complexity index is 337. The van der Waals surface area contributed by atoms with E-state index < -0.39 is 17.4 Å². The third kappa shape index (κ3) is 3.64. The van der Waals surface area contributed by atoms with Crippen molar-refractivity contribution in [1.82, 2.24) is 5.32 Å². The molecule has 0 saturated carbocycles. The largest absolute Gasteiger partial charge is 0.503 e. The van der Waals surface area contributed by atoms with Crippen LogP contribution in [-0.2, 0) is 6.54 Å². The molecule has 1 rings (SSSR count). The Hall–Kier alpha value is -0.810. The van der Waals surface area contributed by atoms with E-state index in [-0.39, 0.29) is 6.04 Å². The summed E-state index contributed by atoms with van der Waals surface area (Å²) in [5.74, 6) is -1.83. The number of hydrogen-bond acceptors (Lipinski definition) is 3. The minimum atomic E-state index is -0.922. The molecule has 1 aromatic rings. The molecule has 90 valence electrons. The molecule has 1 atom stereocenters. The van der Waals surface area contributed by atoms with Crippen molar-refractivity contribution in [1.29, 1.82) is 0 Å². The number of phenols is 1. The Morgan fingerprint density at radius 3 is 2.44 bits per heavy atom. The van der Waals surface area contributed by atoms with Crippen molar-refractivity contribution in [3.63, 3.8) is 0 Å². The fraction of sp³-hybridized carbons (Fsp3) is 0.455. The van der Waals surface area contributed by atoms with E-state index in [1.807, 2.05) is 13.2 Å². The van der Waals surface area contributed by atoms with Crippen molar-refractivity contribution in [3.8, 4) is 5.75 Å². The molecule has 0 spiro atoms. The molecule has 0 saturated heterocycles. The maximum atomic E-state index is 13.0. The molecule has 0 aliphatic rings. The molecule has 0 bridgehead atoms. The minimum absolute atomic E-state index is 0.273. The summed E-state index contributed by atoms with van der Waals surface area (Å²) in [6, 6.07) is 2.55. The number of nitrogens with one attached hydrogen (secondary N) is 1. The second kappa shape index (κ2) is 6.06. The van der Waals surface area contributed by atoms with Gasteiger partial charge in [0.05, 0.1) is 0 Å². The lowest BCUT2D eigenvalue weighted by atomic mass is 10.2. The van der Waals surface area contributed by atoms with Crippen LogP contribution in [0.2, 0.25) is 0 Å². The minimum Gasteiger partial charge on any atom is -0.503 e. The lowest BCUT2D eigenvalue weighted by molar-refractivity contribution is 0.394. The Kier molecular flexibility index (Phi) is 5.02. The van der Waals surface area contributed by atoms with E-state index in [1.165, 1.54) is 0 Å². The van der Waals surface area contributed by atoms with E-state index >= 15 is 0 Å². The molecule has 0 aliphatic heterocycles. The second-order valence-corrected chi connectivity index (χ2v) is 4.56. The molecule has 0 fully saturated rings. The number of phenolic OH excluding ortho intramolecular Hbond substituents is 1. The Morgan fingerprint density at radius 1 is 1.38 bits per heavy atom. The summed E-state index contributed by atoms with van der Waals surface area (Å²) in [5.41, 5.74) is 0.487. The van der Waals surface area contributed by atoms with Gasteiger partial charge in [-0.15, -0.1) is 0 Å². The summed E-state index contributed by atoms with van der Waals surface area (Å²) in [6.07, 6.45) is 2.00. The topological polar surface area (TPSA) is 32.3 Å². The average Bonchev–Trinajstić information content (AvgIpc) is 2.23. The van der Waals surface area contributed by atoms with E-state index in [9.17, 15) is 8.78 Å². The van der Waals surface area contributed by atoms with Gasteiger partial charge in [0, 0.05) is 18.3 Å². The molecule has 0 amide bonds. The average molecular weight is 247 g/mol. The summed E-state index contributed by atoms with van der Waals surface area (Å²) in [6.45, 7) is 2.39. The molecule has 0 aromatic heterocycles. The fourth-order valence-corrected chi connectivity index (χ4v) is 1.94. The van der Waals surface area contributed by atoms with Gasteiger partial charge >= 0.3 is 0 Å². The monoisotopic (exact) mass is 247 g/mol. The first-order valence-electron chi connectivity index (χ1n) is 4.93. The Labute approximate surface area is 98.1 Å². The van der Waals surface area contributed by atoms with Crippen molar-refractivity contribution in [3.05, 3.63) is 29.3 Å². The van der Waals surface area contributed by atoms with E-state index in [0.29, 0.717) is 12.1 Å². The van der Waals surface area contributed by atoms with Gasteiger partial charge in [-0.1, -0.05) is 0 Å². The number of rotatable bonds is 5. The van der Waals surface area contributed by atoms with E-state index in [0.717, 1.165) is 17.9 Å². The summed E-state index contributed by atoms with van der Waals surface area (Å²) in [5, 5.41) is 12.1. The van der Waals surface area contributed by atoms with Crippen LogP contribution in [-0.4, -0.2) is 23.2 Å². The zero-order valence-corrected chi connectivity index (χ0v) is 10.1. The van der Waals surface area contributed by atoms with Gasteiger partial charge in [0.15, 0.2) is 17.4 Å². The number of aromatic hydroxyl groups is 1. The van der Waals surface area contributed by atoms with Crippen molar-refractivity contribution in [2.45, 2.75) is 19.5 Å². The lowest BCUT2D eigenvalue weighted by Crippen LogP contribution is -2.27.